The van der Waals surface area contributed by atoms with E-state index < -0.39 is 10.8 Å². The lowest BCUT2D eigenvalue weighted by Gasteiger charge is -2.32. The minimum Gasteiger partial charge on any atom is -0.366 e. The maximum atomic E-state index is 13.1. The lowest BCUT2D eigenvalue weighted by Crippen LogP contribution is -2.33. The van der Waals surface area contributed by atoms with E-state index in [4.69, 9.17) is 0 Å². The number of rotatable bonds is 6. The molecule has 0 saturated heterocycles. The lowest BCUT2D eigenvalue weighted by atomic mass is 9.98. The first-order valence-electron chi connectivity index (χ1n) is 11.7. The van der Waals surface area contributed by atoms with E-state index >= 15 is 0 Å². The molecule has 8 heteroatoms. The molecule has 0 radical (unpaired) electrons. The number of anilines is 2. The number of carbonyl (C=O) groups excluding carboxylic acids is 2. The number of nitrogens with one attached hydrogen (secondary N) is 2. The highest BCUT2D eigenvalue weighted by Gasteiger charge is 2.27. The van der Waals surface area contributed by atoms with Crippen LogP contribution < -0.4 is 15.5 Å². The third-order valence-electron chi connectivity index (χ3n) is 6.55. The van der Waals surface area contributed by atoms with Crippen molar-refractivity contribution in [1.82, 2.24) is 5.32 Å². The molecule has 1 aliphatic carbocycles. The van der Waals surface area contributed by atoms with Crippen molar-refractivity contribution in [3.8, 4) is 0 Å². The Bertz CT molecular complexity index is 1330. The molecule has 1 aliphatic heterocycles. The fourth-order valence-corrected chi connectivity index (χ4v) is 4.41. The number of fused-ring (bicyclic) bond motifs is 1. The summed E-state index contributed by atoms with van der Waals surface area (Å²) in [5.74, 6) is -0.635. The van der Waals surface area contributed by atoms with Gasteiger partial charge in [0, 0.05) is 47.7 Å². The second kappa shape index (κ2) is 9.21. The largest absolute Gasteiger partial charge is 0.366 e. The van der Waals surface area contributed by atoms with E-state index in [1.54, 1.807) is 31.2 Å². The van der Waals surface area contributed by atoms with Gasteiger partial charge in [-0.05, 0) is 61.6 Å². The Balaban J connectivity index is 1.42. The fraction of sp³-hybridized carbons (Fsp3) is 0.259. The molecule has 178 valence electrons. The summed E-state index contributed by atoms with van der Waals surface area (Å²) in [5.41, 5.74) is 4.91. The molecule has 2 N–H and O–H groups in total. The van der Waals surface area contributed by atoms with Crippen molar-refractivity contribution >= 4 is 28.9 Å². The smallest absolute Gasteiger partial charge is 0.273 e. The summed E-state index contributed by atoms with van der Waals surface area (Å²) < 4.78 is 0. The van der Waals surface area contributed by atoms with Crippen LogP contribution in [0.3, 0.4) is 0 Å². The monoisotopic (exact) mass is 470 g/mol. The summed E-state index contributed by atoms with van der Waals surface area (Å²) in [7, 11) is 0. The third kappa shape index (κ3) is 4.87. The van der Waals surface area contributed by atoms with Gasteiger partial charge in [0.25, 0.3) is 17.5 Å². The Morgan fingerprint density at radius 2 is 1.77 bits per heavy atom. The average molecular weight is 471 g/mol. The summed E-state index contributed by atoms with van der Waals surface area (Å²) in [6.07, 6.45) is 2.84. The number of nitrogens with zero attached hydrogens (tertiary/aromatic N) is 2. The van der Waals surface area contributed by atoms with Gasteiger partial charge in [-0.25, -0.2) is 0 Å². The molecule has 1 saturated carbocycles. The zero-order valence-corrected chi connectivity index (χ0v) is 19.4. The highest BCUT2D eigenvalue weighted by molar-refractivity contribution is 6.06. The number of hydrogen-bond acceptors (Lipinski definition) is 5. The van der Waals surface area contributed by atoms with Crippen LogP contribution in [0.25, 0.3) is 0 Å². The van der Waals surface area contributed by atoms with E-state index in [-0.39, 0.29) is 23.2 Å². The van der Waals surface area contributed by atoms with E-state index in [0.717, 1.165) is 31.5 Å². The van der Waals surface area contributed by atoms with Gasteiger partial charge in [0.1, 0.15) is 0 Å². The molecule has 0 spiro atoms. The molecule has 8 nitrogen and oxygen atoms in total. The Kier molecular flexibility index (Phi) is 5.94. The van der Waals surface area contributed by atoms with E-state index in [2.05, 4.69) is 27.7 Å². The predicted octanol–water partition coefficient (Wildman–Crippen LogP) is 4.61. The zero-order valence-electron chi connectivity index (χ0n) is 19.4. The van der Waals surface area contributed by atoms with Crippen LogP contribution in [0.15, 0.2) is 60.7 Å². The topological polar surface area (TPSA) is 105 Å². The Morgan fingerprint density at radius 3 is 2.51 bits per heavy atom. The standard InChI is InChI=1S/C27H26N4O4/c1-17-6-7-19(14-25(17)31(34)35)26(32)29-22-10-11-24(23(15-22)27(33)28-21-8-9-21)30-13-12-18-4-2-3-5-20(18)16-30/h2-7,10-11,14-15,21H,8-9,12-13,16H2,1H3,(H,28,33)(H,29,32). The summed E-state index contributed by atoms with van der Waals surface area (Å²) in [6.45, 7) is 3.13. The van der Waals surface area contributed by atoms with E-state index in [9.17, 15) is 19.7 Å². The number of hydrogen-bond donors (Lipinski definition) is 2. The summed E-state index contributed by atoms with van der Waals surface area (Å²) in [4.78, 5) is 38.9. The maximum Gasteiger partial charge on any atom is 0.273 e. The van der Waals surface area contributed by atoms with Gasteiger partial charge in [-0.15, -0.1) is 0 Å². The first-order chi connectivity index (χ1) is 16.9. The predicted molar refractivity (Wildman–Crippen MR) is 134 cm³/mol. The molecule has 0 atom stereocenters. The van der Waals surface area contributed by atoms with Crippen molar-refractivity contribution in [3.05, 3.63) is 98.6 Å². The number of nitro groups is 1. The molecule has 5 rings (SSSR count). The molecule has 0 aromatic heterocycles. The molecule has 3 aromatic rings. The highest BCUT2D eigenvalue weighted by atomic mass is 16.6. The van der Waals surface area contributed by atoms with Crippen LogP contribution in [0.4, 0.5) is 17.1 Å². The summed E-state index contributed by atoms with van der Waals surface area (Å²) in [5, 5.41) is 17.1. The Hall–Kier alpha value is -4.20. The number of amides is 2. The number of benzene rings is 3. The van der Waals surface area contributed by atoms with Crippen molar-refractivity contribution in [2.45, 2.75) is 38.8 Å². The SMILES string of the molecule is Cc1ccc(C(=O)Nc2ccc(N3CCc4ccccc4C3)c(C(=O)NC3CC3)c2)cc1[N+](=O)[O-]. The first-order valence-corrected chi connectivity index (χ1v) is 11.7. The molecule has 0 bridgehead atoms. The fourth-order valence-electron chi connectivity index (χ4n) is 4.41. The quantitative estimate of drug-likeness (QED) is 0.404. The van der Waals surface area contributed by atoms with Crippen LogP contribution in [-0.4, -0.2) is 29.3 Å². The number of carbonyl (C=O) groups is 2. The van der Waals surface area contributed by atoms with Crippen molar-refractivity contribution in [2.24, 2.45) is 0 Å². The van der Waals surface area contributed by atoms with Crippen LogP contribution >= 0.6 is 0 Å². The van der Waals surface area contributed by atoms with Crippen molar-refractivity contribution in [2.75, 3.05) is 16.8 Å². The second-order valence-corrected chi connectivity index (χ2v) is 9.13. The van der Waals surface area contributed by atoms with Crippen molar-refractivity contribution in [3.63, 3.8) is 0 Å². The molecule has 1 heterocycles. The minimum absolute atomic E-state index is 0.108. The molecule has 0 unspecified atom stereocenters. The van der Waals surface area contributed by atoms with Crippen LogP contribution in [0.1, 0.15) is 50.2 Å². The van der Waals surface area contributed by atoms with Crippen LogP contribution in [0.5, 0.6) is 0 Å². The highest BCUT2D eigenvalue weighted by Crippen LogP contribution is 2.31. The maximum absolute atomic E-state index is 13.1. The van der Waals surface area contributed by atoms with Gasteiger partial charge >= 0.3 is 0 Å². The van der Waals surface area contributed by atoms with Crippen LogP contribution in [-0.2, 0) is 13.0 Å². The molecular formula is C27H26N4O4. The van der Waals surface area contributed by atoms with Gasteiger partial charge in [0.2, 0.25) is 0 Å². The first kappa shape index (κ1) is 22.6. The van der Waals surface area contributed by atoms with E-state index in [1.807, 2.05) is 18.2 Å². The molecule has 35 heavy (non-hydrogen) atoms. The van der Waals surface area contributed by atoms with Crippen LogP contribution in [0.2, 0.25) is 0 Å². The van der Waals surface area contributed by atoms with Gasteiger partial charge in [-0.2, -0.15) is 0 Å². The lowest BCUT2D eigenvalue weighted by molar-refractivity contribution is -0.385. The van der Waals surface area contributed by atoms with E-state index in [0.29, 0.717) is 23.4 Å². The van der Waals surface area contributed by atoms with Crippen molar-refractivity contribution < 1.29 is 14.5 Å². The summed E-state index contributed by atoms with van der Waals surface area (Å²) in [6, 6.07) is 18.2. The normalized spacial score (nSPS) is 14.7. The Labute approximate surface area is 203 Å². The molecular weight excluding hydrogens is 444 g/mol. The molecule has 2 amide bonds. The van der Waals surface area contributed by atoms with Gasteiger partial charge in [-0.3, -0.25) is 19.7 Å². The molecule has 2 aliphatic rings. The van der Waals surface area contributed by atoms with Gasteiger partial charge < -0.3 is 15.5 Å². The van der Waals surface area contributed by atoms with Crippen LogP contribution in [0, 0.1) is 17.0 Å². The second-order valence-electron chi connectivity index (χ2n) is 9.13. The summed E-state index contributed by atoms with van der Waals surface area (Å²) >= 11 is 0. The molecule has 3 aromatic carbocycles. The minimum atomic E-state index is -0.502. The van der Waals surface area contributed by atoms with Gasteiger partial charge in [-0.1, -0.05) is 30.3 Å². The van der Waals surface area contributed by atoms with Crippen molar-refractivity contribution in [1.29, 1.82) is 0 Å². The average Bonchev–Trinajstić information content (AvgIpc) is 3.67. The third-order valence-corrected chi connectivity index (χ3v) is 6.55. The zero-order chi connectivity index (χ0) is 24.5. The van der Waals surface area contributed by atoms with E-state index in [1.165, 1.54) is 17.2 Å². The number of nitro benzene ring substituents is 1. The number of aryl methyl sites for hydroxylation is 1. The van der Waals surface area contributed by atoms with Gasteiger partial charge in [0.05, 0.1) is 10.5 Å². The van der Waals surface area contributed by atoms with Gasteiger partial charge in [0.15, 0.2) is 0 Å². The Morgan fingerprint density at radius 1 is 1.00 bits per heavy atom. The molecule has 1 fully saturated rings.